The third-order valence-electron chi connectivity index (χ3n) is 2.86. The lowest BCUT2D eigenvalue weighted by atomic mass is 10.1. The Morgan fingerprint density at radius 1 is 1.00 bits per heavy atom. The first-order chi connectivity index (χ1) is 9.25. The highest BCUT2D eigenvalue weighted by Gasteiger charge is 2.12. The van der Waals surface area contributed by atoms with Crippen molar-refractivity contribution in [1.82, 2.24) is 5.32 Å². The second kappa shape index (κ2) is 6.95. The van der Waals surface area contributed by atoms with Crippen molar-refractivity contribution in [2.45, 2.75) is 18.3 Å². The Kier molecular flexibility index (Phi) is 4.99. The fourth-order valence-corrected chi connectivity index (χ4v) is 2.10. The Hall–Kier alpha value is -1.80. The van der Waals surface area contributed by atoms with Crippen LogP contribution in [0.25, 0.3) is 0 Å². The Bertz CT molecular complexity index is 513. The van der Waals surface area contributed by atoms with Crippen LogP contribution in [0.1, 0.15) is 22.9 Å². The van der Waals surface area contributed by atoms with Crippen molar-refractivity contribution in [2.24, 2.45) is 0 Å². The van der Waals surface area contributed by atoms with Crippen LogP contribution in [0.4, 0.5) is 0 Å². The second-order valence-corrected chi connectivity index (χ2v) is 4.87. The monoisotopic (exact) mass is 273 g/mol. The summed E-state index contributed by atoms with van der Waals surface area (Å²) in [5, 5.41) is 2.60. The molecule has 0 saturated carbocycles. The fraction of sp³-hybridized carbons (Fsp3) is 0.188. The standard InChI is InChI=1S/C16H16ClNO/c17-15(14-9-5-2-6-10-14)11-16(19)18-12-13-7-3-1-4-8-13/h1-10,15H,11-12H2,(H,18,19)/t15-/m1/s1. The zero-order valence-electron chi connectivity index (χ0n) is 10.6. The van der Waals surface area contributed by atoms with E-state index in [1.165, 1.54) is 0 Å². The zero-order chi connectivity index (χ0) is 13.5. The summed E-state index contributed by atoms with van der Waals surface area (Å²) in [7, 11) is 0. The van der Waals surface area contributed by atoms with Crippen LogP contribution in [0.15, 0.2) is 60.7 Å². The molecular formula is C16H16ClNO. The lowest BCUT2D eigenvalue weighted by Crippen LogP contribution is -2.23. The first kappa shape index (κ1) is 13.6. The van der Waals surface area contributed by atoms with E-state index in [4.69, 9.17) is 11.6 Å². The molecule has 1 N–H and O–H groups in total. The van der Waals surface area contributed by atoms with Gasteiger partial charge >= 0.3 is 0 Å². The summed E-state index contributed by atoms with van der Waals surface area (Å²) in [5.74, 6) is -0.0345. The smallest absolute Gasteiger partial charge is 0.222 e. The third kappa shape index (κ3) is 4.42. The molecule has 1 amide bonds. The Morgan fingerprint density at radius 3 is 2.21 bits per heavy atom. The van der Waals surface area contributed by atoms with Crippen molar-refractivity contribution in [2.75, 3.05) is 0 Å². The summed E-state index contributed by atoms with van der Waals surface area (Å²) in [6.45, 7) is 0.540. The van der Waals surface area contributed by atoms with E-state index in [1.54, 1.807) is 0 Å². The summed E-state index contributed by atoms with van der Waals surface area (Å²) in [6, 6.07) is 19.5. The van der Waals surface area contributed by atoms with E-state index < -0.39 is 0 Å². The molecule has 0 spiro atoms. The van der Waals surface area contributed by atoms with Crippen molar-refractivity contribution in [3.05, 3.63) is 71.8 Å². The van der Waals surface area contributed by atoms with Gasteiger partial charge < -0.3 is 5.32 Å². The van der Waals surface area contributed by atoms with E-state index in [0.29, 0.717) is 13.0 Å². The molecular weight excluding hydrogens is 258 g/mol. The van der Waals surface area contributed by atoms with Gasteiger partial charge in [-0.15, -0.1) is 11.6 Å². The van der Waals surface area contributed by atoms with Gasteiger partial charge in [0.05, 0.1) is 5.38 Å². The summed E-state index contributed by atoms with van der Waals surface area (Å²) in [5.41, 5.74) is 2.06. The lowest BCUT2D eigenvalue weighted by Gasteiger charge is -2.10. The molecule has 0 aliphatic heterocycles. The van der Waals surface area contributed by atoms with Crippen LogP contribution in [0.2, 0.25) is 0 Å². The molecule has 98 valence electrons. The van der Waals surface area contributed by atoms with Crippen LogP contribution < -0.4 is 5.32 Å². The van der Waals surface area contributed by atoms with Crippen LogP contribution in [0.5, 0.6) is 0 Å². The van der Waals surface area contributed by atoms with Crippen LogP contribution in [0.3, 0.4) is 0 Å². The van der Waals surface area contributed by atoms with E-state index >= 15 is 0 Å². The molecule has 19 heavy (non-hydrogen) atoms. The number of hydrogen-bond acceptors (Lipinski definition) is 1. The molecule has 0 bridgehead atoms. The van der Waals surface area contributed by atoms with Gasteiger partial charge in [-0.2, -0.15) is 0 Å². The summed E-state index contributed by atoms with van der Waals surface area (Å²) in [4.78, 5) is 11.8. The van der Waals surface area contributed by atoms with Crippen LogP contribution in [-0.2, 0) is 11.3 Å². The van der Waals surface area contributed by atoms with Gasteiger partial charge in [0.2, 0.25) is 5.91 Å². The van der Waals surface area contributed by atoms with Crippen molar-refractivity contribution < 1.29 is 4.79 Å². The maximum absolute atomic E-state index is 11.8. The van der Waals surface area contributed by atoms with Gasteiger partial charge in [-0.3, -0.25) is 4.79 Å². The number of halogens is 1. The molecule has 0 aliphatic carbocycles. The van der Waals surface area contributed by atoms with Crippen molar-refractivity contribution in [3.63, 3.8) is 0 Å². The minimum Gasteiger partial charge on any atom is -0.352 e. The molecule has 2 aromatic carbocycles. The second-order valence-electron chi connectivity index (χ2n) is 4.34. The van der Waals surface area contributed by atoms with E-state index in [-0.39, 0.29) is 11.3 Å². The summed E-state index contributed by atoms with van der Waals surface area (Å²) in [6.07, 6.45) is 0.290. The molecule has 0 aliphatic rings. The predicted octanol–water partition coefficient (Wildman–Crippen LogP) is 3.67. The highest BCUT2D eigenvalue weighted by molar-refractivity contribution is 6.21. The van der Waals surface area contributed by atoms with E-state index in [9.17, 15) is 4.79 Å². The molecule has 3 heteroatoms. The Morgan fingerprint density at radius 2 is 1.58 bits per heavy atom. The SMILES string of the molecule is O=C(C[C@@H](Cl)c1ccccc1)NCc1ccccc1. The van der Waals surface area contributed by atoms with Crippen LogP contribution in [0, 0.1) is 0 Å². The first-order valence-corrected chi connectivity index (χ1v) is 6.69. The molecule has 0 saturated heterocycles. The highest BCUT2D eigenvalue weighted by Crippen LogP contribution is 2.23. The number of rotatable bonds is 5. The normalized spacial score (nSPS) is 11.8. The number of carbonyl (C=O) groups is 1. The quantitative estimate of drug-likeness (QED) is 0.828. The number of amides is 1. The maximum atomic E-state index is 11.8. The van der Waals surface area contributed by atoms with Crippen molar-refractivity contribution in [1.29, 1.82) is 0 Å². The number of carbonyl (C=O) groups excluding carboxylic acids is 1. The van der Waals surface area contributed by atoms with Gasteiger partial charge in [0.15, 0.2) is 0 Å². The maximum Gasteiger partial charge on any atom is 0.222 e. The van der Waals surface area contributed by atoms with Crippen LogP contribution in [-0.4, -0.2) is 5.91 Å². The molecule has 0 radical (unpaired) electrons. The highest BCUT2D eigenvalue weighted by atomic mass is 35.5. The average molecular weight is 274 g/mol. The number of nitrogens with one attached hydrogen (secondary N) is 1. The Labute approximate surface area is 118 Å². The number of hydrogen-bond donors (Lipinski definition) is 1. The molecule has 2 aromatic rings. The van der Waals surface area contributed by atoms with E-state index in [2.05, 4.69) is 5.32 Å². The predicted molar refractivity (Wildman–Crippen MR) is 77.9 cm³/mol. The van der Waals surface area contributed by atoms with Crippen molar-refractivity contribution in [3.8, 4) is 0 Å². The van der Waals surface area contributed by atoms with Gasteiger partial charge in [-0.1, -0.05) is 60.7 Å². The van der Waals surface area contributed by atoms with E-state index in [0.717, 1.165) is 11.1 Å². The Balaban J connectivity index is 1.82. The molecule has 1 atom stereocenters. The van der Waals surface area contributed by atoms with E-state index in [1.807, 2.05) is 60.7 Å². The molecule has 2 rings (SSSR count). The van der Waals surface area contributed by atoms with Crippen LogP contribution >= 0.6 is 11.6 Å². The topological polar surface area (TPSA) is 29.1 Å². The fourth-order valence-electron chi connectivity index (χ4n) is 1.81. The lowest BCUT2D eigenvalue weighted by molar-refractivity contribution is -0.121. The van der Waals surface area contributed by atoms with Gasteiger partial charge in [0.25, 0.3) is 0 Å². The van der Waals surface area contributed by atoms with Gasteiger partial charge in [0, 0.05) is 13.0 Å². The first-order valence-electron chi connectivity index (χ1n) is 6.25. The minimum absolute atomic E-state index is 0.0345. The van der Waals surface area contributed by atoms with Gasteiger partial charge in [-0.25, -0.2) is 0 Å². The summed E-state index contributed by atoms with van der Waals surface area (Å²) < 4.78 is 0. The third-order valence-corrected chi connectivity index (χ3v) is 3.26. The van der Waals surface area contributed by atoms with Crippen molar-refractivity contribution >= 4 is 17.5 Å². The molecule has 2 nitrogen and oxygen atoms in total. The molecule has 0 unspecified atom stereocenters. The summed E-state index contributed by atoms with van der Waals surface area (Å²) >= 11 is 6.22. The largest absolute Gasteiger partial charge is 0.352 e. The molecule has 0 aromatic heterocycles. The molecule has 0 heterocycles. The van der Waals surface area contributed by atoms with Gasteiger partial charge in [-0.05, 0) is 11.1 Å². The molecule has 0 fully saturated rings. The van der Waals surface area contributed by atoms with Gasteiger partial charge in [0.1, 0.15) is 0 Å². The number of alkyl halides is 1. The number of benzene rings is 2. The zero-order valence-corrected chi connectivity index (χ0v) is 11.3. The minimum atomic E-state index is -0.281. The average Bonchev–Trinajstić information content (AvgIpc) is 2.47.